The molecule has 1 aliphatic heterocycles. The molecular formula is C7H7NS. The maximum absolute atomic E-state index is 4.21. The van der Waals surface area contributed by atoms with E-state index in [0.717, 1.165) is 6.42 Å². The second-order valence-electron chi connectivity index (χ2n) is 2.11. The van der Waals surface area contributed by atoms with E-state index < -0.39 is 0 Å². The number of hydrogen-bond donors (Lipinski definition) is 0. The third-order valence-corrected chi connectivity index (χ3v) is 2.50. The summed E-state index contributed by atoms with van der Waals surface area (Å²) in [6.07, 6.45) is 7.51. The van der Waals surface area contributed by atoms with Gasteiger partial charge in [0.05, 0.1) is 16.5 Å². The van der Waals surface area contributed by atoms with Gasteiger partial charge in [0.2, 0.25) is 0 Å². The number of hydrogen-bond acceptors (Lipinski definition) is 2. The van der Waals surface area contributed by atoms with Crippen molar-refractivity contribution < 1.29 is 0 Å². The van der Waals surface area contributed by atoms with Crippen molar-refractivity contribution in [1.29, 1.82) is 0 Å². The van der Waals surface area contributed by atoms with Gasteiger partial charge in [0.15, 0.2) is 0 Å². The molecule has 0 saturated carbocycles. The molecule has 1 unspecified atom stereocenters. The predicted octanol–water partition coefficient (Wildman–Crippen LogP) is 1.97. The van der Waals surface area contributed by atoms with Gasteiger partial charge in [-0.1, -0.05) is 12.2 Å². The van der Waals surface area contributed by atoms with Crippen LogP contribution in [0.3, 0.4) is 0 Å². The van der Waals surface area contributed by atoms with Crippen molar-refractivity contribution >= 4 is 17.3 Å². The molecular weight excluding hydrogens is 130 g/mol. The summed E-state index contributed by atoms with van der Waals surface area (Å²) in [5, 5.41) is 0.634. The Bertz CT molecular complexity index is 203. The molecule has 1 aliphatic carbocycles. The molecule has 2 heteroatoms. The molecule has 0 fully saturated rings. The average molecular weight is 137 g/mol. The fraction of sp³-hybridized carbons (Fsp3) is 0.286. The molecule has 1 atom stereocenters. The van der Waals surface area contributed by atoms with Gasteiger partial charge in [0.1, 0.15) is 0 Å². The molecule has 0 amide bonds. The van der Waals surface area contributed by atoms with Crippen molar-refractivity contribution in [2.75, 3.05) is 0 Å². The molecule has 2 rings (SSSR count). The lowest BCUT2D eigenvalue weighted by Gasteiger charge is -2.08. The van der Waals surface area contributed by atoms with E-state index in [1.165, 1.54) is 5.70 Å². The van der Waals surface area contributed by atoms with E-state index in [0.29, 0.717) is 5.25 Å². The van der Waals surface area contributed by atoms with E-state index in [-0.39, 0.29) is 0 Å². The van der Waals surface area contributed by atoms with Crippen LogP contribution in [-0.2, 0) is 0 Å². The van der Waals surface area contributed by atoms with E-state index in [1.54, 1.807) is 0 Å². The smallest absolute Gasteiger partial charge is 0.0607 e. The molecule has 1 nitrogen and oxygen atoms in total. The van der Waals surface area contributed by atoms with Gasteiger partial charge in [-0.3, -0.25) is 4.99 Å². The fourth-order valence-electron chi connectivity index (χ4n) is 1.01. The van der Waals surface area contributed by atoms with Crippen molar-refractivity contribution in [3.63, 3.8) is 0 Å². The Balaban J connectivity index is 2.31. The number of allylic oxidation sites excluding steroid dienone is 3. The summed E-state index contributed by atoms with van der Waals surface area (Å²) in [5.74, 6) is 0. The van der Waals surface area contributed by atoms with E-state index >= 15 is 0 Å². The molecule has 0 aromatic heterocycles. The monoisotopic (exact) mass is 137 g/mol. The molecule has 0 spiro atoms. The van der Waals surface area contributed by atoms with Crippen LogP contribution < -0.4 is 0 Å². The van der Waals surface area contributed by atoms with E-state index in [1.807, 2.05) is 17.3 Å². The standard InChI is InChI=1S/C7H7NS/c1-2-4-7-6(3-1)8-5-9-7/h1-3,5,7H,4H2. The lowest BCUT2D eigenvalue weighted by atomic mass is 10.1. The van der Waals surface area contributed by atoms with Crippen molar-refractivity contribution in [3.8, 4) is 0 Å². The average Bonchev–Trinajstić information content (AvgIpc) is 2.33. The third-order valence-electron chi connectivity index (χ3n) is 1.51. The molecule has 2 aliphatic rings. The summed E-state index contributed by atoms with van der Waals surface area (Å²) >= 11 is 1.82. The Kier molecular flexibility index (Phi) is 1.19. The SMILES string of the molecule is C1=CCC2SC=NC2=C1. The van der Waals surface area contributed by atoms with Crippen LogP contribution in [-0.4, -0.2) is 10.8 Å². The Morgan fingerprint density at radius 1 is 1.67 bits per heavy atom. The van der Waals surface area contributed by atoms with Gasteiger partial charge in [0.25, 0.3) is 0 Å². The minimum atomic E-state index is 0.634. The topological polar surface area (TPSA) is 12.4 Å². The van der Waals surface area contributed by atoms with Crippen LogP contribution >= 0.6 is 11.8 Å². The fourth-order valence-corrected chi connectivity index (χ4v) is 1.84. The highest BCUT2D eigenvalue weighted by Crippen LogP contribution is 2.30. The van der Waals surface area contributed by atoms with Crippen LogP contribution in [0, 0.1) is 0 Å². The van der Waals surface area contributed by atoms with Crippen molar-refractivity contribution in [1.82, 2.24) is 0 Å². The van der Waals surface area contributed by atoms with Crippen molar-refractivity contribution in [2.24, 2.45) is 4.99 Å². The van der Waals surface area contributed by atoms with Crippen LogP contribution in [0.2, 0.25) is 0 Å². The van der Waals surface area contributed by atoms with Gasteiger partial charge < -0.3 is 0 Å². The van der Waals surface area contributed by atoms with E-state index in [9.17, 15) is 0 Å². The second-order valence-corrected chi connectivity index (χ2v) is 3.17. The number of nitrogens with zero attached hydrogens (tertiary/aromatic N) is 1. The molecule has 9 heavy (non-hydrogen) atoms. The van der Waals surface area contributed by atoms with Gasteiger partial charge in [-0.05, 0) is 12.5 Å². The van der Waals surface area contributed by atoms with Crippen molar-refractivity contribution in [2.45, 2.75) is 11.7 Å². The zero-order valence-electron chi connectivity index (χ0n) is 4.95. The molecule has 0 bridgehead atoms. The highest BCUT2D eigenvalue weighted by Gasteiger charge is 2.17. The first-order chi connectivity index (χ1) is 4.47. The molecule has 0 N–H and O–H groups in total. The third kappa shape index (κ3) is 0.833. The summed E-state index contributed by atoms with van der Waals surface area (Å²) in [7, 11) is 0. The molecule has 0 saturated heterocycles. The lowest BCUT2D eigenvalue weighted by Crippen LogP contribution is -2.00. The predicted molar refractivity (Wildman–Crippen MR) is 41.7 cm³/mol. The number of thioether (sulfide) groups is 1. The Morgan fingerprint density at radius 3 is 3.56 bits per heavy atom. The number of aliphatic imine (C=N–C) groups is 1. The summed E-state index contributed by atoms with van der Waals surface area (Å²) in [5.41, 5.74) is 3.17. The molecule has 0 aromatic carbocycles. The Labute approximate surface area is 58.6 Å². The number of fused-ring (bicyclic) bond motifs is 1. The summed E-state index contributed by atoms with van der Waals surface area (Å²) in [6.45, 7) is 0. The highest BCUT2D eigenvalue weighted by atomic mass is 32.2. The molecule has 46 valence electrons. The quantitative estimate of drug-likeness (QED) is 0.497. The zero-order chi connectivity index (χ0) is 6.10. The van der Waals surface area contributed by atoms with Gasteiger partial charge in [-0.2, -0.15) is 0 Å². The first-order valence-corrected chi connectivity index (χ1v) is 3.96. The van der Waals surface area contributed by atoms with Crippen LogP contribution in [0.15, 0.2) is 28.9 Å². The number of rotatable bonds is 0. The summed E-state index contributed by atoms with van der Waals surface area (Å²) in [4.78, 5) is 4.21. The van der Waals surface area contributed by atoms with Crippen LogP contribution in [0.1, 0.15) is 6.42 Å². The maximum atomic E-state index is 4.21. The Hall–Kier alpha value is -0.500. The van der Waals surface area contributed by atoms with Crippen LogP contribution in [0.5, 0.6) is 0 Å². The van der Waals surface area contributed by atoms with Gasteiger partial charge in [-0.15, -0.1) is 11.8 Å². The normalized spacial score (nSPS) is 30.2. The second kappa shape index (κ2) is 2.03. The molecule has 0 aromatic rings. The van der Waals surface area contributed by atoms with Gasteiger partial charge in [0, 0.05) is 0 Å². The summed E-state index contributed by atoms with van der Waals surface area (Å²) < 4.78 is 0. The van der Waals surface area contributed by atoms with E-state index in [4.69, 9.17) is 0 Å². The highest BCUT2D eigenvalue weighted by molar-refractivity contribution is 8.13. The van der Waals surface area contributed by atoms with Crippen molar-refractivity contribution in [3.05, 3.63) is 23.9 Å². The maximum Gasteiger partial charge on any atom is 0.0607 e. The molecule has 0 radical (unpaired) electrons. The zero-order valence-corrected chi connectivity index (χ0v) is 5.77. The van der Waals surface area contributed by atoms with Crippen LogP contribution in [0.25, 0.3) is 0 Å². The van der Waals surface area contributed by atoms with Gasteiger partial charge in [-0.25, -0.2) is 0 Å². The first-order valence-electron chi connectivity index (χ1n) is 3.01. The van der Waals surface area contributed by atoms with Crippen LogP contribution in [0.4, 0.5) is 0 Å². The minimum Gasteiger partial charge on any atom is -0.253 e. The minimum absolute atomic E-state index is 0.634. The summed E-state index contributed by atoms with van der Waals surface area (Å²) in [6, 6.07) is 0. The Morgan fingerprint density at radius 2 is 2.67 bits per heavy atom. The van der Waals surface area contributed by atoms with Gasteiger partial charge >= 0.3 is 0 Å². The largest absolute Gasteiger partial charge is 0.253 e. The van der Waals surface area contributed by atoms with E-state index in [2.05, 4.69) is 23.2 Å². The molecule has 1 heterocycles. The first kappa shape index (κ1) is 5.30. The lowest BCUT2D eigenvalue weighted by molar-refractivity contribution is 0.982.